The zero-order valence-electron chi connectivity index (χ0n) is 32.9. The minimum Gasteiger partial charge on any atom is -0.466 e. The Balaban J connectivity index is 1.21. The summed E-state index contributed by atoms with van der Waals surface area (Å²) in [4.78, 5) is 41.9. The Bertz CT molecular complexity index is 1590. The molecule has 13 heteroatoms. The summed E-state index contributed by atoms with van der Waals surface area (Å²) in [6, 6.07) is 6.24. The summed E-state index contributed by atoms with van der Waals surface area (Å²) in [6.07, 6.45) is 2.29. The van der Waals surface area contributed by atoms with Crippen LogP contribution in [0.5, 0.6) is 0 Å². The molecule has 6 aliphatic rings. The number of unbranched alkanes of at least 4 members (excludes halogenated alkanes) is 1. The fraction of sp³-hybridized carbons (Fsp3) is 0.780. The smallest absolute Gasteiger partial charge is 0.340 e. The number of carbonyl (C=O) groups excluding carboxylic acids is 3. The van der Waals surface area contributed by atoms with Crippen molar-refractivity contribution in [2.75, 3.05) is 60.1 Å². The number of ether oxygens (including phenoxy) is 6. The van der Waals surface area contributed by atoms with Crippen molar-refractivity contribution in [2.24, 2.45) is 40.4 Å². The predicted octanol–water partition coefficient (Wildman–Crippen LogP) is 3.44. The van der Waals surface area contributed by atoms with E-state index in [4.69, 9.17) is 28.4 Å². The number of esters is 2. The minimum absolute atomic E-state index is 0.0391. The van der Waals surface area contributed by atoms with Crippen molar-refractivity contribution in [1.82, 2.24) is 4.90 Å². The van der Waals surface area contributed by atoms with Gasteiger partial charge in [0.05, 0.1) is 61.3 Å². The van der Waals surface area contributed by atoms with Crippen LogP contribution >= 0.6 is 0 Å². The van der Waals surface area contributed by atoms with Crippen LogP contribution in [0.3, 0.4) is 0 Å². The number of anilines is 1. The summed E-state index contributed by atoms with van der Waals surface area (Å²) in [5.74, 6) is -2.84. The lowest BCUT2D eigenvalue weighted by Crippen LogP contribution is -2.82. The van der Waals surface area contributed by atoms with E-state index in [1.807, 2.05) is 6.92 Å². The molecule has 5 saturated carbocycles. The van der Waals surface area contributed by atoms with Gasteiger partial charge in [-0.25, -0.2) is 4.79 Å². The normalized spacial score (nSPS) is 42.0. The average molecular weight is 757 g/mol. The molecule has 0 radical (unpaired) electrons. The minimum atomic E-state index is -1.70. The number of likely N-dealkylation sites (tertiary alicyclic amines) is 1. The molecule has 0 unspecified atom stereocenters. The first-order chi connectivity index (χ1) is 25.9. The van der Waals surface area contributed by atoms with Gasteiger partial charge in [0, 0.05) is 75.9 Å². The summed E-state index contributed by atoms with van der Waals surface area (Å²) in [6.45, 7) is 7.23. The molecule has 3 N–H and O–H groups in total. The lowest BCUT2D eigenvalue weighted by atomic mass is 9.42. The lowest BCUT2D eigenvalue weighted by molar-refractivity contribution is -0.320. The van der Waals surface area contributed by atoms with Crippen molar-refractivity contribution < 1.29 is 53.0 Å². The van der Waals surface area contributed by atoms with Crippen LogP contribution < -0.4 is 5.32 Å². The van der Waals surface area contributed by atoms with Crippen LogP contribution in [0.15, 0.2) is 24.3 Å². The summed E-state index contributed by atoms with van der Waals surface area (Å²) in [7, 11) is 6.71. The van der Waals surface area contributed by atoms with Gasteiger partial charge in [0.25, 0.3) is 0 Å². The molecule has 300 valence electrons. The van der Waals surface area contributed by atoms with Crippen molar-refractivity contribution in [1.29, 1.82) is 0 Å². The predicted molar refractivity (Wildman–Crippen MR) is 196 cm³/mol. The Hall–Kier alpha value is -2.65. The Morgan fingerprint density at radius 2 is 1.78 bits per heavy atom. The monoisotopic (exact) mass is 756 g/mol. The van der Waals surface area contributed by atoms with E-state index >= 15 is 0 Å². The standard InChI is InChI=1S/C41H60N2O11/c1-8-10-17-53-30(44)18-23(3)35(45)42-27-14-12-11-13-24(27)36(46)54-22-38-16-15-29(50-5)40-26-19-25-28(49-4)20-39(47,31(26)32(25)51-6)41(48,34(52-7)33(38)40)37(40)43(9-2)21-38/h11-14,23,25-26,28-29,31-34,37,47-48H,8-10,15-22H2,1-7H3,(H,42,45)/t23-,25+,26+,28-,29-,31+,32+,33-,34-,37+,38+,39+,40+,41-/m1/s1. The average Bonchev–Trinajstić information content (AvgIpc) is 3.58. The molecular weight excluding hydrogens is 696 g/mol. The maximum atomic E-state index is 14.1. The number of rotatable bonds is 15. The van der Waals surface area contributed by atoms with E-state index < -0.39 is 57.9 Å². The zero-order chi connectivity index (χ0) is 38.8. The lowest BCUT2D eigenvalue weighted by Gasteiger charge is -2.70. The maximum absolute atomic E-state index is 14.1. The number of benzene rings is 1. The van der Waals surface area contributed by atoms with Crippen LogP contribution in [0.4, 0.5) is 5.69 Å². The molecule has 7 bridgehead atoms. The maximum Gasteiger partial charge on any atom is 0.340 e. The van der Waals surface area contributed by atoms with Gasteiger partial charge in [-0.05, 0) is 50.3 Å². The second-order valence-electron chi connectivity index (χ2n) is 17.0. The number of piperidine rings is 1. The number of fused-ring (bicyclic) bond motifs is 2. The highest BCUT2D eigenvalue weighted by molar-refractivity contribution is 6.02. The molecule has 1 aromatic carbocycles. The fourth-order valence-electron chi connectivity index (χ4n) is 13.0. The number of amides is 1. The molecule has 1 amide bonds. The molecule has 1 heterocycles. The molecule has 1 saturated heterocycles. The summed E-state index contributed by atoms with van der Waals surface area (Å²) < 4.78 is 36.7. The molecule has 0 aromatic heterocycles. The molecule has 6 fully saturated rings. The van der Waals surface area contributed by atoms with E-state index in [0.717, 1.165) is 19.3 Å². The van der Waals surface area contributed by atoms with Crippen molar-refractivity contribution in [3.63, 3.8) is 0 Å². The Kier molecular flexibility index (Phi) is 10.8. The van der Waals surface area contributed by atoms with Crippen LogP contribution in [0.2, 0.25) is 0 Å². The highest BCUT2D eigenvalue weighted by atomic mass is 16.5. The van der Waals surface area contributed by atoms with Crippen LogP contribution in [0.25, 0.3) is 0 Å². The van der Waals surface area contributed by atoms with Crippen molar-refractivity contribution >= 4 is 23.5 Å². The van der Waals surface area contributed by atoms with E-state index in [9.17, 15) is 24.6 Å². The van der Waals surface area contributed by atoms with Crippen LogP contribution in [-0.4, -0.2) is 129 Å². The van der Waals surface area contributed by atoms with Gasteiger partial charge in [-0.2, -0.15) is 0 Å². The SMILES string of the molecule is CCCCOC(=O)C[C@@H](C)C(=O)Nc1ccccc1C(=O)OC[C@@]12CC[C@@H](OC)[C@@]34[C@@H]1[C@@H](OC)[C@@](O)([C@H]3N(CC)C2)[C@]1(O)C[C@@H](OC)[C@@H]2C[C@H]4[C@H]1[C@H]2OC. The van der Waals surface area contributed by atoms with Gasteiger partial charge in [-0.15, -0.1) is 0 Å². The Morgan fingerprint density at radius 1 is 1.02 bits per heavy atom. The third kappa shape index (κ3) is 5.39. The van der Waals surface area contributed by atoms with Gasteiger partial charge in [-0.3, -0.25) is 14.5 Å². The Morgan fingerprint density at radius 3 is 2.44 bits per heavy atom. The first-order valence-electron chi connectivity index (χ1n) is 19.9. The van der Waals surface area contributed by atoms with Gasteiger partial charge in [0.1, 0.15) is 11.2 Å². The molecule has 1 spiro atoms. The van der Waals surface area contributed by atoms with E-state index in [0.29, 0.717) is 38.2 Å². The number of hydrogen-bond donors (Lipinski definition) is 3. The van der Waals surface area contributed by atoms with Crippen LogP contribution in [0.1, 0.15) is 76.1 Å². The molecule has 1 aromatic rings. The first-order valence-corrected chi connectivity index (χ1v) is 19.9. The highest BCUT2D eigenvalue weighted by Gasteiger charge is 2.91. The van der Waals surface area contributed by atoms with Crippen LogP contribution in [-0.2, 0) is 38.0 Å². The van der Waals surface area contributed by atoms with Gasteiger partial charge in [0.2, 0.25) is 5.91 Å². The Labute approximate surface area is 318 Å². The number of methoxy groups -OCH3 is 4. The summed E-state index contributed by atoms with van der Waals surface area (Å²) in [5, 5.41) is 29.5. The molecule has 14 atom stereocenters. The van der Waals surface area contributed by atoms with E-state index in [-0.39, 0.29) is 67.0 Å². The quantitative estimate of drug-likeness (QED) is 0.177. The number of hydrogen-bond acceptors (Lipinski definition) is 12. The second kappa shape index (κ2) is 14.7. The van der Waals surface area contributed by atoms with Crippen molar-refractivity contribution in [2.45, 2.75) is 107 Å². The van der Waals surface area contributed by atoms with Crippen molar-refractivity contribution in [3.8, 4) is 0 Å². The highest BCUT2D eigenvalue weighted by Crippen LogP contribution is 2.80. The number of para-hydroxylation sites is 1. The third-order valence-corrected chi connectivity index (χ3v) is 14.9. The molecule has 7 rings (SSSR count). The number of nitrogens with zero attached hydrogens (tertiary/aromatic N) is 1. The topological polar surface area (TPSA) is 162 Å². The molecular formula is C41H60N2O11. The van der Waals surface area contributed by atoms with E-state index in [2.05, 4.69) is 17.1 Å². The number of nitrogens with one attached hydrogen (secondary N) is 1. The summed E-state index contributed by atoms with van der Waals surface area (Å²) >= 11 is 0. The second-order valence-corrected chi connectivity index (χ2v) is 17.0. The fourth-order valence-corrected chi connectivity index (χ4v) is 13.0. The number of carbonyl (C=O) groups is 3. The summed E-state index contributed by atoms with van der Waals surface area (Å²) in [5.41, 5.74) is -4.07. The van der Waals surface area contributed by atoms with Crippen molar-refractivity contribution in [3.05, 3.63) is 29.8 Å². The van der Waals surface area contributed by atoms with Gasteiger partial charge in [0.15, 0.2) is 0 Å². The van der Waals surface area contributed by atoms with E-state index in [1.54, 1.807) is 59.6 Å². The number of aliphatic hydroxyl groups is 2. The largest absolute Gasteiger partial charge is 0.466 e. The zero-order valence-corrected chi connectivity index (χ0v) is 32.9. The van der Waals surface area contributed by atoms with Gasteiger partial charge in [-0.1, -0.05) is 39.3 Å². The number of likely N-dealkylation sites (N-methyl/N-ethyl adjacent to an activating group) is 1. The van der Waals surface area contributed by atoms with Crippen LogP contribution in [0, 0.1) is 40.4 Å². The van der Waals surface area contributed by atoms with Gasteiger partial charge < -0.3 is 44.0 Å². The van der Waals surface area contributed by atoms with Gasteiger partial charge >= 0.3 is 11.9 Å². The molecule has 13 nitrogen and oxygen atoms in total. The van der Waals surface area contributed by atoms with E-state index in [1.165, 1.54) is 0 Å². The first kappa shape index (κ1) is 39.6. The molecule has 5 aliphatic carbocycles. The molecule has 54 heavy (non-hydrogen) atoms. The molecule has 1 aliphatic heterocycles. The third-order valence-electron chi connectivity index (χ3n) is 14.9.